The molecule has 7 rings (SSSR count). The molecule has 4 aliphatic carbocycles. The van der Waals surface area contributed by atoms with E-state index in [0.717, 1.165) is 17.2 Å². The Kier molecular flexibility index (Phi) is 3.38. The van der Waals surface area contributed by atoms with Gasteiger partial charge in [-0.05, 0) is 48.5 Å². The van der Waals surface area contributed by atoms with Gasteiger partial charge in [0.25, 0.3) is 0 Å². The lowest BCUT2D eigenvalue weighted by molar-refractivity contribution is -0.146. The number of anilines is 1. The number of hydrogen-bond acceptors (Lipinski definition) is 3. The maximum absolute atomic E-state index is 13.2. The summed E-state index contributed by atoms with van der Waals surface area (Å²) in [5.74, 6) is 0.269. The minimum Gasteiger partial charge on any atom is -0.324 e. The Morgan fingerprint density at radius 1 is 0.966 bits per heavy atom. The van der Waals surface area contributed by atoms with Crippen LogP contribution in [-0.2, 0) is 14.4 Å². The Balaban J connectivity index is 1.27. The molecule has 2 bridgehead atoms. The second-order valence-corrected chi connectivity index (χ2v) is 8.89. The lowest BCUT2D eigenvalue weighted by Crippen LogP contribution is -2.46. The van der Waals surface area contributed by atoms with Crippen LogP contribution in [0.25, 0.3) is 10.8 Å². The zero-order valence-corrected chi connectivity index (χ0v) is 16.1. The molecule has 3 amide bonds. The van der Waals surface area contributed by atoms with Crippen molar-refractivity contribution in [1.82, 2.24) is 4.90 Å². The predicted molar refractivity (Wildman–Crippen MR) is 109 cm³/mol. The molecule has 2 aromatic rings. The van der Waals surface area contributed by atoms with Crippen LogP contribution in [0.3, 0.4) is 0 Å². The molecule has 0 aromatic heterocycles. The van der Waals surface area contributed by atoms with Crippen molar-refractivity contribution in [2.24, 2.45) is 35.5 Å². The number of carbonyl (C=O) groups excluding carboxylic acids is 3. The van der Waals surface area contributed by atoms with Crippen LogP contribution >= 0.6 is 0 Å². The van der Waals surface area contributed by atoms with E-state index in [2.05, 4.69) is 17.5 Å². The first-order chi connectivity index (χ1) is 14.1. The molecule has 29 heavy (non-hydrogen) atoms. The second kappa shape index (κ2) is 5.78. The normalized spacial score (nSPS) is 34.9. The van der Waals surface area contributed by atoms with Gasteiger partial charge >= 0.3 is 0 Å². The van der Waals surface area contributed by atoms with E-state index in [1.165, 1.54) is 4.90 Å². The number of nitrogens with zero attached hydrogens (tertiary/aromatic N) is 1. The molecule has 1 N–H and O–H groups in total. The monoisotopic (exact) mass is 386 g/mol. The highest BCUT2D eigenvalue weighted by molar-refractivity contribution is 6.11. The van der Waals surface area contributed by atoms with Crippen molar-refractivity contribution in [1.29, 1.82) is 0 Å². The van der Waals surface area contributed by atoms with Crippen molar-refractivity contribution < 1.29 is 14.4 Å². The summed E-state index contributed by atoms with van der Waals surface area (Å²) in [6, 6.07) is 12.7. The molecule has 3 fully saturated rings. The van der Waals surface area contributed by atoms with Crippen LogP contribution in [0.15, 0.2) is 54.6 Å². The van der Waals surface area contributed by atoms with Gasteiger partial charge in [0.15, 0.2) is 0 Å². The van der Waals surface area contributed by atoms with Crippen LogP contribution in [0, 0.1) is 35.5 Å². The lowest BCUT2D eigenvalue weighted by atomic mass is 9.63. The van der Waals surface area contributed by atoms with Crippen molar-refractivity contribution in [3.63, 3.8) is 0 Å². The van der Waals surface area contributed by atoms with Crippen molar-refractivity contribution >= 4 is 34.2 Å². The van der Waals surface area contributed by atoms with Crippen LogP contribution in [0.1, 0.15) is 13.3 Å². The topological polar surface area (TPSA) is 66.5 Å². The quantitative estimate of drug-likeness (QED) is 0.651. The molecule has 5 heteroatoms. The molecule has 0 spiro atoms. The summed E-state index contributed by atoms with van der Waals surface area (Å²) in [7, 11) is 0. The fourth-order valence-electron chi connectivity index (χ4n) is 6.05. The first-order valence-corrected chi connectivity index (χ1v) is 10.4. The van der Waals surface area contributed by atoms with Crippen LogP contribution in [-0.4, -0.2) is 28.7 Å². The van der Waals surface area contributed by atoms with Crippen molar-refractivity contribution in [2.45, 2.75) is 19.4 Å². The summed E-state index contributed by atoms with van der Waals surface area (Å²) in [6.07, 6.45) is 5.43. The molecule has 7 atom stereocenters. The SMILES string of the molecule is C[C@H](C(=O)Nc1cccc2ccccc12)N1C(=O)[C@@H]2[C@H]3C=C[C@@H]([C@@H]4C[C@H]34)[C@H]2C1=O. The fraction of sp³-hybridized carbons (Fsp3) is 0.375. The molecule has 146 valence electrons. The van der Waals surface area contributed by atoms with Gasteiger partial charge in [-0.1, -0.05) is 48.6 Å². The van der Waals surface area contributed by atoms with E-state index in [1.807, 2.05) is 42.5 Å². The van der Waals surface area contributed by atoms with E-state index < -0.39 is 6.04 Å². The third-order valence-corrected chi connectivity index (χ3v) is 7.51. The highest BCUT2D eigenvalue weighted by atomic mass is 16.2. The van der Waals surface area contributed by atoms with Gasteiger partial charge in [0, 0.05) is 11.1 Å². The molecular formula is C24H22N2O3. The Morgan fingerprint density at radius 3 is 2.28 bits per heavy atom. The molecule has 1 saturated heterocycles. The first-order valence-electron chi connectivity index (χ1n) is 10.4. The van der Waals surface area contributed by atoms with Gasteiger partial charge < -0.3 is 5.32 Å². The average molecular weight is 386 g/mol. The number of carbonyl (C=O) groups is 3. The van der Waals surface area contributed by atoms with Gasteiger partial charge in [-0.2, -0.15) is 0 Å². The lowest BCUT2D eigenvalue weighted by Gasteiger charge is -2.37. The largest absolute Gasteiger partial charge is 0.324 e. The van der Waals surface area contributed by atoms with Crippen LogP contribution in [0.4, 0.5) is 5.69 Å². The fourth-order valence-corrected chi connectivity index (χ4v) is 6.05. The summed E-state index contributed by atoms with van der Waals surface area (Å²) < 4.78 is 0. The number of allylic oxidation sites excluding steroid dienone is 2. The molecule has 1 aliphatic heterocycles. The van der Waals surface area contributed by atoms with Crippen molar-refractivity contribution in [2.75, 3.05) is 5.32 Å². The van der Waals surface area contributed by atoms with E-state index in [0.29, 0.717) is 17.5 Å². The number of likely N-dealkylation sites (tertiary alicyclic amines) is 1. The van der Waals surface area contributed by atoms with Crippen molar-refractivity contribution in [3.05, 3.63) is 54.6 Å². The van der Waals surface area contributed by atoms with Gasteiger partial charge in [0.1, 0.15) is 6.04 Å². The third kappa shape index (κ3) is 2.24. The number of benzene rings is 2. The van der Waals surface area contributed by atoms with Gasteiger partial charge in [-0.25, -0.2) is 0 Å². The summed E-state index contributed by atoms with van der Waals surface area (Å²) in [6.45, 7) is 1.66. The summed E-state index contributed by atoms with van der Waals surface area (Å²) in [5, 5.41) is 4.90. The smallest absolute Gasteiger partial charge is 0.247 e. The Bertz CT molecular complexity index is 1070. The predicted octanol–water partition coefficient (Wildman–Crippen LogP) is 3.22. The first kappa shape index (κ1) is 17.0. The Morgan fingerprint density at radius 2 is 1.59 bits per heavy atom. The summed E-state index contributed by atoms with van der Waals surface area (Å²) in [4.78, 5) is 40.7. The molecule has 2 saturated carbocycles. The molecule has 0 radical (unpaired) electrons. The molecular weight excluding hydrogens is 364 g/mol. The van der Waals surface area contributed by atoms with E-state index in [9.17, 15) is 14.4 Å². The van der Waals surface area contributed by atoms with Gasteiger partial charge in [-0.15, -0.1) is 0 Å². The molecule has 5 nitrogen and oxygen atoms in total. The van der Waals surface area contributed by atoms with Crippen molar-refractivity contribution in [3.8, 4) is 0 Å². The minimum atomic E-state index is -0.824. The Labute approximate surface area is 168 Å². The second-order valence-electron chi connectivity index (χ2n) is 8.89. The van der Waals surface area contributed by atoms with Gasteiger partial charge in [0.05, 0.1) is 11.8 Å². The van der Waals surface area contributed by atoms with E-state index in [1.54, 1.807) is 6.92 Å². The highest BCUT2D eigenvalue weighted by Crippen LogP contribution is 2.65. The summed E-state index contributed by atoms with van der Waals surface area (Å²) >= 11 is 0. The van der Waals surface area contributed by atoms with Gasteiger partial charge in [-0.3, -0.25) is 19.3 Å². The number of imide groups is 1. The van der Waals surface area contributed by atoms with Gasteiger partial charge in [0.2, 0.25) is 17.7 Å². The number of amides is 3. The van der Waals surface area contributed by atoms with E-state index >= 15 is 0 Å². The average Bonchev–Trinajstić information content (AvgIpc) is 3.51. The van der Waals surface area contributed by atoms with E-state index in [-0.39, 0.29) is 41.4 Å². The highest BCUT2D eigenvalue weighted by Gasteiger charge is 2.67. The molecule has 2 aromatic carbocycles. The number of hydrogen-bond donors (Lipinski definition) is 1. The minimum absolute atomic E-state index is 0.162. The van der Waals surface area contributed by atoms with Crippen LogP contribution in [0.5, 0.6) is 0 Å². The number of fused-ring (bicyclic) bond motifs is 1. The standard InChI is InChI=1S/C24H22N2O3/c1-12(22(27)25-19-8-4-6-13-5-2-3-7-14(13)19)26-23(28)20-15-9-10-16(18-11-17(15)18)21(20)24(26)29/h2-10,12,15-18,20-21H,11H2,1H3,(H,25,27)/t12-,15+,16+,17-,18+,20-,21-/m1/s1. The molecule has 0 unspecified atom stereocenters. The van der Waals surface area contributed by atoms with E-state index in [4.69, 9.17) is 0 Å². The maximum atomic E-state index is 13.2. The number of nitrogens with one attached hydrogen (secondary N) is 1. The molecule has 5 aliphatic rings. The zero-order valence-electron chi connectivity index (χ0n) is 16.1. The molecule has 1 heterocycles. The Hall–Kier alpha value is -2.95. The zero-order chi connectivity index (χ0) is 19.9. The van der Waals surface area contributed by atoms with Crippen LogP contribution in [0.2, 0.25) is 0 Å². The third-order valence-electron chi connectivity index (χ3n) is 7.51. The van der Waals surface area contributed by atoms with Crippen LogP contribution < -0.4 is 5.32 Å². The summed E-state index contributed by atoms with van der Waals surface area (Å²) in [5.41, 5.74) is 0.694. The maximum Gasteiger partial charge on any atom is 0.247 e. The number of rotatable bonds is 3.